The van der Waals surface area contributed by atoms with Crippen LogP contribution in [-0.2, 0) is 9.59 Å². The van der Waals surface area contributed by atoms with Crippen LogP contribution in [0.3, 0.4) is 0 Å². The molecule has 1 rings (SSSR count). The summed E-state index contributed by atoms with van der Waals surface area (Å²) < 4.78 is 0. The zero-order valence-electron chi connectivity index (χ0n) is 14.0. The smallest absolute Gasteiger partial charge is 0.246 e. The summed E-state index contributed by atoms with van der Waals surface area (Å²) in [6, 6.07) is -0.752. The van der Waals surface area contributed by atoms with Crippen LogP contribution in [0, 0.1) is 11.8 Å². The predicted octanol–water partition coefficient (Wildman–Crippen LogP) is 2.57. The van der Waals surface area contributed by atoms with Crippen molar-refractivity contribution in [3.63, 3.8) is 0 Å². The molecule has 1 N–H and O–H groups in total. The van der Waals surface area contributed by atoms with Gasteiger partial charge in [0.05, 0.1) is 0 Å². The summed E-state index contributed by atoms with van der Waals surface area (Å²) in [6.45, 7) is 14.2. The van der Waals surface area contributed by atoms with Gasteiger partial charge in [0, 0.05) is 5.54 Å². The van der Waals surface area contributed by atoms with Crippen molar-refractivity contribution in [3.05, 3.63) is 0 Å². The highest BCUT2D eigenvalue weighted by atomic mass is 16.2. The summed E-state index contributed by atoms with van der Waals surface area (Å²) in [7, 11) is 0. The number of hydrogen-bond acceptors (Lipinski definition) is 2. The standard InChI is InChI=1S/C16H30N2O2/c1-8-16(7,9-2)18-13(11(5)6)14(19)17-12(10(3)4)15(18)20/h10-13H,8-9H2,1-7H3,(H,17,19). The average Bonchev–Trinajstić information content (AvgIpc) is 2.38. The van der Waals surface area contributed by atoms with E-state index in [-0.39, 0.29) is 35.2 Å². The average molecular weight is 282 g/mol. The van der Waals surface area contributed by atoms with Crippen molar-refractivity contribution in [2.45, 2.75) is 78.9 Å². The Labute approximate surface area is 123 Å². The van der Waals surface area contributed by atoms with Gasteiger partial charge in [0.2, 0.25) is 11.8 Å². The maximum Gasteiger partial charge on any atom is 0.246 e. The van der Waals surface area contributed by atoms with Crippen LogP contribution in [-0.4, -0.2) is 34.3 Å². The van der Waals surface area contributed by atoms with Gasteiger partial charge in [-0.05, 0) is 31.6 Å². The van der Waals surface area contributed by atoms with Crippen LogP contribution < -0.4 is 5.32 Å². The Kier molecular flexibility index (Phi) is 5.22. The molecule has 20 heavy (non-hydrogen) atoms. The van der Waals surface area contributed by atoms with E-state index in [4.69, 9.17) is 0 Å². The van der Waals surface area contributed by atoms with Crippen molar-refractivity contribution in [2.75, 3.05) is 0 Å². The molecule has 2 atom stereocenters. The molecular formula is C16H30N2O2. The lowest BCUT2D eigenvalue weighted by molar-refractivity contribution is -0.160. The fraction of sp³-hybridized carbons (Fsp3) is 0.875. The molecular weight excluding hydrogens is 252 g/mol. The van der Waals surface area contributed by atoms with E-state index in [9.17, 15) is 9.59 Å². The lowest BCUT2D eigenvalue weighted by atomic mass is 9.84. The summed E-state index contributed by atoms with van der Waals surface area (Å²) in [5.74, 6) is 0.292. The number of carbonyl (C=O) groups excluding carboxylic acids is 2. The van der Waals surface area contributed by atoms with Crippen molar-refractivity contribution in [2.24, 2.45) is 11.8 Å². The largest absolute Gasteiger partial charge is 0.342 e. The van der Waals surface area contributed by atoms with Gasteiger partial charge in [-0.25, -0.2) is 0 Å². The molecule has 0 aromatic rings. The third-order valence-corrected chi connectivity index (χ3v) is 4.75. The first-order valence-electron chi connectivity index (χ1n) is 7.83. The number of amides is 2. The summed E-state index contributed by atoms with van der Waals surface area (Å²) in [5.41, 5.74) is -0.253. The summed E-state index contributed by atoms with van der Waals surface area (Å²) in [5, 5.41) is 2.92. The SMILES string of the molecule is CCC(C)(CC)N1C(=O)C(C(C)C)NC(=O)C1C(C)C. The number of rotatable bonds is 5. The van der Waals surface area contributed by atoms with Gasteiger partial charge >= 0.3 is 0 Å². The van der Waals surface area contributed by atoms with E-state index in [0.29, 0.717) is 0 Å². The number of hydrogen-bond donors (Lipinski definition) is 1. The van der Waals surface area contributed by atoms with Crippen molar-refractivity contribution >= 4 is 11.8 Å². The van der Waals surface area contributed by atoms with Gasteiger partial charge < -0.3 is 10.2 Å². The van der Waals surface area contributed by atoms with E-state index in [1.807, 2.05) is 32.6 Å². The van der Waals surface area contributed by atoms with Crippen LogP contribution in [0.25, 0.3) is 0 Å². The molecule has 116 valence electrons. The minimum absolute atomic E-state index is 0.00794. The van der Waals surface area contributed by atoms with Gasteiger partial charge in [0.25, 0.3) is 0 Å². The molecule has 0 saturated carbocycles. The molecule has 1 aliphatic heterocycles. The van der Waals surface area contributed by atoms with Crippen molar-refractivity contribution < 1.29 is 9.59 Å². The van der Waals surface area contributed by atoms with Gasteiger partial charge in [-0.1, -0.05) is 41.5 Å². The van der Waals surface area contributed by atoms with Gasteiger partial charge in [0.15, 0.2) is 0 Å². The summed E-state index contributed by atoms with van der Waals surface area (Å²) in [6.07, 6.45) is 1.72. The van der Waals surface area contributed by atoms with E-state index in [0.717, 1.165) is 12.8 Å². The second kappa shape index (κ2) is 6.15. The monoisotopic (exact) mass is 282 g/mol. The number of nitrogens with zero attached hydrogens (tertiary/aromatic N) is 1. The van der Waals surface area contributed by atoms with Crippen LogP contribution in [0.2, 0.25) is 0 Å². The zero-order valence-corrected chi connectivity index (χ0v) is 14.0. The number of piperazine rings is 1. The Morgan fingerprint density at radius 1 is 1.10 bits per heavy atom. The first kappa shape index (κ1) is 17.0. The number of carbonyl (C=O) groups is 2. The van der Waals surface area contributed by atoms with Gasteiger partial charge in [-0.15, -0.1) is 0 Å². The summed E-state index contributed by atoms with van der Waals surface area (Å²) >= 11 is 0. The van der Waals surface area contributed by atoms with Crippen LogP contribution in [0.4, 0.5) is 0 Å². The number of nitrogens with one attached hydrogen (secondary N) is 1. The van der Waals surface area contributed by atoms with Crippen LogP contribution in [0.1, 0.15) is 61.3 Å². The molecule has 2 amide bonds. The lowest BCUT2D eigenvalue weighted by Gasteiger charge is -2.51. The molecule has 4 nitrogen and oxygen atoms in total. The molecule has 0 aliphatic carbocycles. The minimum Gasteiger partial charge on any atom is -0.342 e. The van der Waals surface area contributed by atoms with E-state index in [1.54, 1.807) is 0 Å². The van der Waals surface area contributed by atoms with Crippen molar-refractivity contribution in [1.29, 1.82) is 0 Å². The van der Waals surface area contributed by atoms with E-state index in [1.165, 1.54) is 0 Å². The van der Waals surface area contributed by atoms with E-state index >= 15 is 0 Å². The third kappa shape index (κ3) is 2.84. The Morgan fingerprint density at radius 2 is 1.60 bits per heavy atom. The van der Waals surface area contributed by atoms with Crippen LogP contribution >= 0.6 is 0 Å². The van der Waals surface area contributed by atoms with Gasteiger partial charge in [0.1, 0.15) is 12.1 Å². The van der Waals surface area contributed by atoms with Crippen LogP contribution in [0.15, 0.2) is 0 Å². The summed E-state index contributed by atoms with van der Waals surface area (Å²) in [4.78, 5) is 27.3. The van der Waals surface area contributed by atoms with Gasteiger partial charge in [-0.2, -0.15) is 0 Å². The lowest BCUT2D eigenvalue weighted by Crippen LogP contribution is -2.71. The fourth-order valence-corrected chi connectivity index (χ4v) is 2.95. The van der Waals surface area contributed by atoms with E-state index in [2.05, 4.69) is 26.1 Å². The maximum absolute atomic E-state index is 12.9. The maximum atomic E-state index is 12.9. The first-order chi connectivity index (χ1) is 9.19. The molecule has 1 heterocycles. The molecule has 0 aromatic heterocycles. The molecule has 1 fully saturated rings. The topological polar surface area (TPSA) is 49.4 Å². The Morgan fingerprint density at radius 3 is 1.95 bits per heavy atom. The highest BCUT2D eigenvalue weighted by molar-refractivity contribution is 5.97. The Hall–Kier alpha value is -1.06. The molecule has 0 bridgehead atoms. The highest BCUT2D eigenvalue weighted by Gasteiger charge is 2.48. The van der Waals surface area contributed by atoms with Crippen molar-refractivity contribution in [3.8, 4) is 0 Å². The molecule has 4 heteroatoms. The predicted molar refractivity (Wildman–Crippen MR) is 81.2 cm³/mol. The highest BCUT2D eigenvalue weighted by Crippen LogP contribution is 2.32. The van der Waals surface area contributed by atoms with E-state index < -0.39 is 6.04 Å². The quantitative estimate of drug-likeness (QED) is 0.842. The molecule has 1 saturated heterocycles. The van der Waals surface area contributed by atoms with Gasteiger partial charge in [-0.3, -0.25) is 9.59 Å². The molecule has 0 spiro atoms. The van der Waals surface area contributed by atoms with Crippen molar-refractivity contribution in [1.82, 2.24) is 10.2 Å². The third-order valence-electron chi connectivity index (χ3n) is 4.75. The molecule has 2 unspecified atom stereocenters. The molecule has 1 aliphatic rings. The first-order valence-corrected chi connectivity index (χ1v) is 7.83. The fourth-order valence-electron chi connectivity index (χ4n) is 2.95. The molecule has 0 aromatic carbocycles. The minimum atomic E-state index is -0.394. The second-order valence-corrected chi connectivity index (χ2v) is 6.83. The zero-order chi connectivity index (χ0) is 15.7. The normalized spacial score (nSPS) is 24.6. The second-order valence-electron chi connectivity index (χ2n) is 6.83. The Bertz CT molecular complexity index is 373. The Balaban J connectivity index is 3.28. The van der Waals surface area contributed by atoms with Crippen LogP contribution in [0.5, 0.6) is 0 Å². The molecule has 0 radical (unpaired) electrons.